The summed E-state index contributed by atoms with van der Waals surface area (Å²) in [4.78, 5) is 39.9. The minimum atomic E-state index is -0.552. The predicted molar refractivity (Wildman–Crippen MR) is 102 cm³/mol. The van der Waals surface area contributed by atoms with E-state index in [4.69, 9.17) is 4.74 Å². The van der Waals surface area contributed by atoms with Crippen molar-refractivity contribution in [3.63, 3.8) is 0 Å². The number of Topliss-reactive ketones (excluding diaryl/α,β-unsaturated/α-hetero) is 1. The molecule has 3 rings (SSSR count). The van der Waals surface area contributed by atoms with Crippen LogP contribution in [0.4, 0.5) is 4.79 Å². The van der Waals surface area contributed by atoms with E-state index in [9.17, 15) is 19.5 Å². The normalized spacial score (nSPS) is 20.7. The Morgan fingerprint density at radius 1 is 1.11 bits per heavy atom. The Hall–Kier alpha value is -2.41. The van der Waals surface area contributed by atoms with Crippen molar-refractivity contribution in [2.75, 3.05) is 19.7 Å². The van der Waals surface area contributed by atoms with Gasteiger partial charge in [0.2, 0.25) is 5.91 Å². The number of carbonyl (C=O) groups excluding carboxylic acids is 3. The average molecular weight is 388 g/mol. The third kappa shape index (κ3) is 5.10. The summed E-state index contributed by atoms with van der Waals surface area (Å²) in [5.41, 5.74) is 0.937. The largest absolute Gasteiger partial charge is 0.445 e. The number of rotatable bonds is 5. The summed E-state index contributed by atoms with van der Waals surface area (Å²) < 4.78 is 5.38. The lowest BCUT2D eigenvalue weighted by Gasteiger charge is -2.43. The molecule has 1 N–H and O–H groups in total. The Kier molecular flexibility index (Phi) is 7.03. The van der Waals surface area contributed by atoms with Crippen LogP contribution in [0.2, 0.25) is 0 Å². The van der Waals surface area contributed by atoms with E-state index in [1.165, 1.54) is 0 Å². The second-order valence-electron chi connectivity index (χ2n) is 7.51. The molecule has 0 spiro atoms. The molecule has 1 aromatic rings. The lowest BCUT2D eigenvalue weighted by atomic mass is 9.90. The number of hydrogen-bond donors (Lipinski definition) is 1. The molecule has 7 nitrogen and oxygen atoms in total. The molecule has 1 heterocycles. The number of amides is 2. The summed E-state index contributed by atoms with van der Waals surface area (Å²) in [6.07, 6.45) is 3.40. The molecule has 2 aliphatic rings. The van der Waals surface area contributed by atoms with Crippen molar-refractivity contribution in [2.24, 2.45) is 0 Å². The third-order valence-electron chi connectivity index (χ3n) is 5.59. The van der Waals surface area contributed by atoms with Crippen LogP contribution in [0, 0.1) is 0 Å². The first-order valence-electron chi connectivity index (χ1n) is 9.98. The van der Waals surface area contributed by atoms with Gasteiger partial charge in [-0.3, -0.25) is 9.59 Å². The molecule has 0 bridgehead atoms. The smallest absolute Gasteiger partial charge is 0.410 e. The molecule has 1 atom stereocenters. The molecule has 1 saturated heterocycles. The summed E-state index contributed by atoms with van der Waals surface area (Å²) in [6.45, 7) is 0.672. The van der Waals surface area contributed by atoms with Gasteiger partial charge in [0.15, 0.2) is 0 Å². The number of carbonyl (C=O) groups is 3. The molecule has 0 aromatic heterocycles. The minimum absolute atomic E-state index is 0.0614. The molecule has 28 heavy (non-hydrogen) atoms. The first kappa shape index (κ1) is 20.3. The van der Waals surface area contributed by atoms with Crippen molar-refractivity contribution in [3.8, 4) is 0 Å². The highest BCUT2D eigenvalue weighted by Gasteiger charge is 2.36. The second kappa shape index (κ2) is 9.68. The van der Waals surface area contributed by atoms with Gasteiger partial charge in [-0.05, 0) is 31.2 Å². The Morgan fingerprint density at radius 3 is 2.46 bits per heavy atom. The molecular weight excluding hydrogens is 360 g/mol. The zero-order chi connectivity index (χ0) is 19.9. The lowest BCUT2D eigenvalue weighted by Crippen LogP contribution is -2.54. The fraction of sp³-hybridized carbons (Fsp3) is 0.571. The highest BCUT2D eigenvalue weighted by atomic mass is 16.6. The molecule has 1 aromatic carbocycles. The fourth-order valence-corrected chi connectivity index (χ4v) is 4.16. The summed E-state index contributed by atoms with van der Waals surface area (Å²) in [5.74, 6) is -0.154. The molecule has 2 amide bonds. The Balaban J connectivity index is 1.53. The number of aliphatic hydroxyl groups excluding tert-OH is 1. The van der Waals surface area contributed by atoms with E-state index in [1.54, 1.807) is 9.80 Å². The summed E-state index contributed by atoms with van der Waals surface area (Å²) in [7, 11) is 0. The maximum Gasteiger partial charge on any atom is 0.410 e. The number of piperidine rings is 1. The summed E-state index contributed by atoms with van der Waals surface area (Å²) in [5, 5.41) is 9.39. The molecule has 1 aliphatic carbocycles. The standard InChI is InChI=1S/C21H28N2O5/c24-14-20(26)23(18-7-4-8-19(25)13-18)17-9-11-22(12-10-17)21(27)28-15-16-5-2-1-3-6-16/h1-3,5-6,17-18,24H,4,7-15H2. The zero-order valence-electron chi connectivity index (χ0n) is 16.1. The number of ketones is 1. The SMILES string of the molecule is O=C1CCCC(N(C(=O)CO)C2CCN(C(=O)OCc3ccccc3)CC2)C1. The van der Waals surface area contributed by atoms with Crippen molar-refractivity contribution in [3.05, 3.63) is 35.9 Å². The predicted octanol–water partition coefficient (Wildman–Crippen LogP) is 2.12. The van der Waals surface area contributed by atoms with Crippen molar-refractivity contribution in [1.82, 2.24) is 9.80 Å². The van der Waals surface area contributed by atoms with Crippen LogP contribution < -0.4 is 0 Å². The Labute approximate surface area is 165 Å². The lowest BCUT2D eigenvalue weighted by molar-refractivity contribution is -0.142. The molecule has 7 heteroatoms. The van der Waals surface area contributed by atoms with Crippen molar-refractivity contribution >= 4 is 17.8 Å². The van der Waals surface area contributed by atoms with Gasteiger partial charge < -0.3 is 19.6 Å². The van der Waals surface area contributed by atoms with Crippen LogP contribution in [0.3, 0.4) is 0 Å². The van der Waals surface area contributed by atoms with E-state index in [1.807, 2.05) is 30.3 Å². The van der Waals surface area contributed by atoms with Crippen LogP contribution in [-0.2, 0) is 20.9 Å². The topological polar surface area (TPSA) is 87.2 Å². The highest BCUT2D eigenvalue weighted by molar-refractivity contribution is 5.82. The number of aliphatic hydroxyl groups is 1. The van der Waals surface area contributed by atoms with Crippen LogP contribution in [0.25, 0.3) is 0 Å². The molecular formula is C21H28N2O5. The molecule has 1 aliphatic heterocycles. The van der Waals surface area contributed by atoms with Crippen LogP contribution in [0.15, 0.2) is 30.3 Å². The van der Waals surface area contributed by atoms with E-state index in [-0.39, 0.29) is 36.5 Å². The minimum Gasteiger partial charge on any atom is -0.445 e. The maximum absolute atomic E-state index is 12.4. The monoisotopic (exact) mass is 388 g/mol. The van der Waals surface area contributed by atoms with Gasteiger partial charge in [-0.2, -0.15) is 0 Å². The van der Waals surface area contributed by atoms with Gasteiger partial charge in [-0.25, -0.2) is 4.79 Å². The first-order valence-corrected chi connectivity index (χ1v) is 9.98. The van der Waals surface area contributed by atoms with E-state index in [2.05, 4.69) is 0 Å². The number of nitrogens with zero attached hydrogens (tertiary/aromatic N) is 2. The van der Waals surface area contributed by atoms with Gasteiger partial charge in [0, 0.05) is 38.0 Å². The Bertz CT molecular complexity index is 685. The zero-order valence-corrected chi connectivity index (χ0v) is 16.1. The average Bonchev–Trinajstić information content (AvgIpc) is 2.73. The van der Waals surface area contributed by atoms with E-state index in [0.29, 0.717) is 38.8 Å². The van der Waals surface area contributed by atoms with Crippen LogP contribution in [0.1, 0.15) is 44.1 Å². The fourth-order valence-electron chi connectivity index (χ4n) is 4.16. The van der Waals surface area contributed by atoms with Crippen LogP contribution >= 0.6 is 0 Å². The molecule has 2 fully saturated rings. The van der Waals surface area contributed by atoms with Gasteiger partial charge in [0.1, 0.15) is 19.0 Å². The van der Waals surface area contributed by atoms with Gasteiger partial charge >= 0.3 is 6.09 Å². The molecule has 152 valence electrons. The van der Waals surface area contributed by atoms with Crippen LogP contribution in [0.5, 0.6) is 0 Å². The molecule has 0 radical (unpaired) electrons. The quantitative estimate of drug-likeness (QED) is 0.835. The number of benzene rings is 1. The van der Waals surface area contributed by atoms with E-state index >= 15 is 0 Å². The number of hydrogen-bond acceptors (Lipinski definition) is 5. The molecule has 1 saturated carbocycles. The van der Waals surface area contributed by atoms with E-state index in [0.717, 1.165) is 18.4 Å². The Morgan fingerprint density at radius 2 is 1.82 bits per heavy atom. The maximum atomic E-state index is 12.4. The first-order chi connectivity index (χ1) is 13.6. The van der Waals surface area contributed by atoms with Crippen LogP contribution in [-0.4, -0.2) is 64.5 Å². The number of likely N-dealkylation sites (tertiary alicyclic amines) is 1. The second-order valence-corrected chi connectivity index (χ2v) is 7.51. The van der Waals surface area contributed by atoms with Crippen molar-refractivity contribution in [2.45, 2.75) is 57.2 Å². The van der Waals surface area contributed by atoms with Gasteiger partial charge in [0.05, 0.1) is 0 Å². The van der Waals surface area contributed by atoms with Gasteiger partial charge in [-0.1, -0.05) is 30.3 Å². The van der Waals surface area contributed by atoms with Gasteiger partial charge in [-0.15, -0.1) is 0 Å². The van der Waals surface area contributed by atoms with Crippen molar-refractivity contribution in [1.29, 1.82) is 0 Å². The van der Waals surface area contributed by atoms with Gasteiger partial charge in [0.25, 0.3) is 0 Å². The highest BCUT2D eigenvalue weighted by Crippen LogP contribution is 2.27. The number of ether oxygens (including phenoxy) is 1. The summed E-state index contributed by atoms with van der Waals surface area (Å²) in [6, 6.07) is 9.33. The third-order valence-corrected chi connectivity index (χ3v) is 5.59. The van der Waals surface area contributed by atoms with Crippen molar-refractivity contribution < 1.29 is 24.2 Å². The molecule has 1 unspecified atom stereocenters. The summed E-state index contributed by atoms with van der Waals surface area (Å²) >= 11 is 0. The van der Waals surface area contributed by atoms with E-state index < -0.39 is 6.61 Å².